The summed E-state index contributed by atoms with van der Waals surface area (Å²) in [6, 6.07) is 0. The second-order valence-corrected chi connectivity index (χ2v) is 9.41. The van der Waals surface area contributed by atoms with E-state index in [2.05, 4.69) is 27.7 Å². The van der Waals surface area contributed by atoms with Gasteiger partial charge in [0.05, 0.1) is 0 Å². The van der Waals surface area contributed by atoms with Gasteiger partial charge in [-0.1, -0.05) is 39.5 Å². The number of hydrogen-bond acceptors (Lipinski definition) is 1. The van der Waals surface area contributed by atoms with Gasteiger partial charge in [-0.25, -0.2) is 0 Å². The predicted octanol–water partition coefficient (Wildman–Crippen LogP) is 6.12. The van der Waals surface area contributed by atoms with Crippen LogP contribution in [0.1, 0.15) is 85.5 Å². The van der Waals surface area contributed by atoms with Crippen LogP contribution >= 0.6 is 0 Å². The molecule has 2 radical (unpaired) electrons. The van der Waals surface area contributed by atoms with Crippen LogP contribution in [0.15, 0.2) is 0 Å². The van der Waals surface area contributed by atoms with Crippen molar-refractivity contribution in [3.8, 4) is 0 Å². The zero-order chi connectivity index (χ0) is 14.6. The van der Waals surface area contributed by atoms with Gasteiger partial charge in [0.2, 0.25) is 0 Å². The number of ether oxygens (including phenoxy) is 1. The molecule has 116 valence electrons. The van der Waals surface area contributed by atoms with Crippen molar-refractivity contribution in [1.29, 1.82) is 0 Å². The molecule has 0 aliphatic rings. The van der Waals surface area contributed by atoms with E-state index in [1.807, 2.05) is 0 Å². The average Bonchev–Trinajstić information content (AvgIpc) is 2.44. The minimum atomic E-state index is 0.165. The molecule has 0 heterocycles. The van der Waals surface area contributed by atoms with Gasteiger partial charge in [-0.3, -0.25) is 0 Å². The van der Waals surface area contributed by atoms with Crippen LogP contribution < -0.4 is 0 Å². The molecule has 2 heteroatoms. The Morgan fingerprint density at radius 2 is 1.11 bits per heavy atom. The molecule has 0 N–H and O–H groups in total. The van der Waals surface area contributed by atoms with Gasteiger partial charge in [-0.2, -0.15) is 0 Å². The molecule has 0 aromatic heterocycles. The van der Waals surface area contributed by atoms with Gasteiger partial charge in [-0.05, 0) is 12.8 Å². The summed E-state index contributed by atoms with van der Waals surface area (Å²) in [6.45, 7) is 11.0. The standard InChI is InChI=1S/C10H22O.C4H9.C3H7.Sn/c1-3-5-7-9-11-10-8-6-4-2;1-3-4-2;1-3-2;/h3-10H2,1-2H3;1,3-4H2,2H3;1,3H2,2H3;. The average molecular weight is 377 g/mol. The second-order valence-electron chi connectivity index (χ2n) is 5.13. The molecular formula is C17H38OSn. The number of unbranched alkanes of at least 4 members (excludes halogenated alkanes) is 5. The molecule has 0 unspecified atom stereocenters. The summed E-state index contributed by atoms with van der Waals surface area (Å²) in [4.78, 5) is 0. The fourth-order valence-corrected chi connectivity index (χ4v) is 5.06. The molecule has 0 amide bonds. The van der Waals surface area contributed by atoms with Gasteiger partial charge >= 0.3 is 63.1 Å². The molecule has 0 aromatic carbocycles. The van der Waals surface area contributed by atoms with Crippen molar-refractivity contribution >= 4 is 21.1 Å². The van der Waals surface area contributed by atoms with E-state index in [1.54, 1.807) is 8.87 Å². The maximum atomic E-state index is 5.44. The molecule has 0 fully saturated rings. The monoisotopic (exact) mass is 378 g/mol. The van der Waals surface area contributed by atoms with Crippen LogP contribution in [-0.2, 0) is 4.74 Å². The van der Waals surface area contributed by atoms with Crippen molar-refractivity contribution in [3.05, 3.63) is 0 Å². The van der Waals surface area contributed by atoms with E-state index >= 15 is 0 Å². The SMILES string of the molecule is CCCCCOCCCCC.CCC[CH2][Sn][CH2]CC. The van der Waals surface area contributed by atoms with E-state index in [4.69, 9.17) is 4.74 Å². The maximum absolute atomic E-state index is 5.44. The van der Waals surface area contributed by atoms with Gasteiger partial charge in [0, 0.05) is 13.2 Å². The fraction of sp³-hybridized carbons (Fsp3) is 1.00. The molecular weight excluding hydrogens is 339 g/mol. The molecule has 19 heavy (non-hydrogen) atoms. The molecule has 0 saturated carbocycles. The van der Waals surface area contributed by atoms with Crippen molar-refractivity contribution in [2.45, 2.75) is 94.4 Å². The van der Waals surface area contributed by atoms with Crippen LogP contribution in [0.25, 0.3) is 0 Å². The van der Waals surface area contributed by atoms with Crippen LogP contribution in [0.2, 0.25) is 8.87 Å². The summed E-state index contributed by atoms with van der Waals surface area (Å²) in [5.74, 6) is 0. The first kappa shape index (κ1) is 22.0. The molecule has 0 aliphatic heterocycles. The molecule has 0 atom stereocenters. The van der Waals surface area contributed by atoms with Gasteiger partial charge in [0.15, 0.2) is 0 Å². The van der Waals surface area contributed by atoms with E-state index in [1.165, 1.54) is 57.8 Å². The van der Waals surface area contributed by atoms with Gasteiger partial charge < -0.3 is 4.74 Å². The number of hydrogen-bond donors (Lipinski definition) is 0. The first-order valence-electron chi connectivity index (χ1n) is 8.61. The molecule has 0 rings (SSSR count). The molecule has 1 nitrogen and oxygen atoms in total. The topological polar surface area (TPSA) is 9.23 Å². The van der Waals surface area contributed by atoms with Gasteiger partial charge in [0.25, 0.3) is 0 Å². The third kappa shape index (κ3) is 27.8. The molecule has 0 aromatic rings. The van der Waals surface area contributed by atoms with Crippen molar-refractivity contribution in [2.24, 2.45) is 0 Å². The van der Waals surface area contributed by atoms with E-state index < -0.39 is 0 Å². The van der Waals surface area contributed by atoms with Gasteiger partial charge in [0.1, 0.15) is 0 Å². The van der Waals surface area contributed by atoms with Crippen LogP contribution in [0.3, 0.4) is 0 Å². The first-order valence-corrected chi connectivity index (χ1v) is 12.6. The summed E-state index contributed by atoms with van der Waals surface area (Å²) >= 11 is 0.165. The van der Waals surface area contributed by atoms with Gasteiger partial charge in [-0.15, -0.1) is 0 Å². The Bertz CT molecular complexity index is 114. The molecule has 0 bridgehead atoms. The third-order valence-corrected chi connectivity index (χ3v) is 7.37. The van der Waals surface area contributed by atoms with E-state index in [-0.39, 0.29) is 21.1 Å². The second kappa shape index (κ2) is 23.8. The predicted molar refractivity (Wildman–Crippen MR) is 90.4 cm³/mol. The molecule has 0 saturated heterocycles. The Hall–Kier alpha value is 0.759. The summed E-state index contributed by atoms with van der Waals surface area (Å²) in [7, 11) is 0. The Morgan fingerprint density at radius 1 is 0.579 bits per heavy atom. The fourth-order valence-electron chi connectivity index (χ4n) is 1.61. The summed E-state index contributed by atoms with van der Waals surface area (Å²) in [5, 5.41) is 0. The Morgan fingerprint density at radius 3 is 1.53 bits per heavy atom. The zero-order valence-electron chi connectivity index (χ0n) is 14.1. The normalized spacial score (nSPS) is 10.1. The van der Waals surface area contributed by atoms with Crippen LogP contribution in [0, 0.1) is 0 Å². The van der Waals surface area contributed by atoms with Crippen LogP contribution in [0.4, 0.5) is 0 Å². The van der Waals surface area contributed by atoms with Crippen molar-refractivity contribution < 1.29 is 4.74 Å². The number of rotatable bonds is 13. The molecule has 0 aliphatic carbocycles. The first-order chi connectivity index (χ1) is 9.33. The Kier molecular flexibility index (Phi) is 27.6. The summed E-state index contributed by atoms with van der Waals surface area (Å²) in [6.07, 6.45) is 12.0. The van der Waals surface area contributed by atoms with Crippen molar-refractivity contribution in [2.75, 3.05) is 13.2 Å². The van der Waals surface area contributed by atoms with Crippen LogP contribution in [0.5, 0.6) is 0 Å². The van der Waals surface area contributed by atoms with Crippen LogP contribution in [-0.4, -0.2) is 34.4 Å². The summed E-state index contributed by atoms with van der Waals surface area (Å²) in [5.41, 5.74) is 0. The molecule has 0 spiro atoms. The summed E-state index contributed by atoms with van der Waals surface area (Å²) < 4.78 is 8.66. The van der Waals surface area contributed by atoms with Crippen molar-refractivity contribution in [1.82, 2.24) is 0 Å². The third-order valence-electron chi connectivity index (χ3n) is 2.92. The Balaban J connectivity index is 0. The van der Waals surface area contributed by atoms with E-state index in [9.17, 15) is 0 Å². The zero-order valence-corrected chi connectivity index (χ0v) is 17.0. The van der Waals surface area contributed by atoms with E-state index in [0.29, 0.717) is 0 Å². The Labute approximate surface area is 133 Å². The minimum absolute atomic E-state index is 0.165. The van der Waals surface area contributed by atoms with Crippen molar-refractivity contribution in [3.63, 3.8) is 0 Å². The quantitative estimate of drug-likeness (QED) is 0.278. The van der Waals surface area contributed by atoms with E-state index in [0.717, 1.165) is 13.2 Å².